The van der Waals surface area contributed by atoms with Gasteiger partial charge in [0.1, 0.15) is 11.6 Å². The fourth-order valence-corrected chi connectivity index (χ4v) is 3.33. The Morgan fingerprint density at radius 3 is 2.22 bits per heavy atom. The number of anilines is 2. The molecule has 0 aliphatic heterocycles. The van der Waals surface area contributed by atoms with Crippen LogP contribution in [-0.4, -0.2) is 20.9 Å². The van der Waals surface area contributed by atoms with Crippen molar-refractivity contribution in [2.45, 2.75) is 19.3 Å². The Morgan fingerprint density at radius 1 is 0.838 bits per heavy atom. The number of aromatic nitrogens is 3. The van der Waals surface area contributed by atoms with Gasteiger partial charge >= 0.3 is 6.18 Å². The summed E-state index contributed by atoms with van der Waals surface area (Å²) in [6, 6.07) is 10.8. The third kappa shape index (κ3) is 6.34. The number of pyridine rings is 1. The summed E-state index contributed by atoms with van der Waals surface area (Å²) in [6.07, 6.45) is -1.14. The molecule has 0 atom stereocenters. The molecule has 190 valence electrons. The molecule has 0 aliphatic carbocycles. The molecule has 0 bridgehead atoms. The van der Waals surface area contributed by atoms with E-state index >= 15 is 0 Å². The first-order valence-electron chi connectivity index (χ1n) is 10.8. The van der Waals surface area contributed by atoms with Gasteiger partial charge in [0.05, 0.1) is 29.2 Å². The number of amides is 1. The van der Waals surface area contributed by atoms with Crippen molar-refractivity contribution in [2.75, 3.05) is 11.1 Å². The molecule has 0 saturated carbocycles. The zero-order valence-corrected chi connectivity index (χ0v) is 19.0. The van der Waals surface area contributed by atoms with E-state index in [1.807, 2.05) is 0 Å². The first-order chi connectivity index (χ1) is 17.6. The lowest BCUT2D eigenvalue weighted by Gasteiger charge is -2.14. The predicted molar refractivity (Wildman–Crippen MR) is 126 cm³/mol. The number of nitrogens with two attached hydrogens (primary N) is 1. The number of alkyl halides is 3. The second kappa shape index (κ2) is 10.6. The van der Waals surface area contributed by atoms with Crippen LogP contribution in [0.1, 0.15) is 27.0 Å². The van der Waals surface area contributed by atoms with E-state index in [4.69, 9.17) is 5.73 Å². The van der Waals surface area contributed by atoms with Gasteiger partial charge in [-0.2, -0.15) is 13.2 Å². The van der Waals surface area contributed by atoms with E-state index < -0.39 is 29.3 Å². The van der Waals surface area contributed by atoms with Crippen LogP contribution in [0.25, 0.3) is 11.3 Å². The smallest absolute Gasteiger partial charge is 0.382 e. The number of carbonyl (C=O) groups is 1. The van der Waals surface area contributed by atoms with Gasteiger partial charge in [-0.25, -0.2) is 18.7 Å². The third-order valence-electron chi connectivity index (χ3n) is 5.28. The van der Waals surface area contributed by atoms with Gasteiger partial charge in [0, 0.05) is 24.8 Å². The molecule has 37 heavy (non-hydrogen) atoms. The van der Waals surface area contributed by atoms with E-state index in [0.717, 1.165) is 23.3 Å². The van der Waals surface area contributed by atoms with E-state index in [1.54, 1.807) is 24.3 Å². The minimum atomic E-state index is -4.72. The second-order valence-corrected chi connectivity index (χ2v) is 7.93. The van der Waals surface area contributed by atoms with E-state index in [2.05, 4.69) is 25.6 Å². The third-order valence-corrected chi connectivity index (χ3v) is 5.28. The number of nitrogen functional groups attached to an aromatic ring is 1. The van der Waals surface area contributed by atoms with Gasteiger partial charge in [0.15, 0.2) is 11.6 Å². The maximum absolute atomic E-state index is 13.4. The molecule has 0 aliphatic rings. The molecule has 0 unspecified atom stereocenters. The largest absolute Gasteiger partial charge is 0.417 e. The van der Waals surface area contributed by atoms with Gasteiger partial charge in [-0.1, -0.05) is 30.3 Å². The van der Waals surface area contributed by atoms with Gasteiger partial charge in [-0.15, -0.1) is 0 Å². The average Bonchev–Trinajstić information content (AvgIpc) is 2.88. The zero-order chi connectivity index (χ0) is 26.6. The monoisotopic (exact) mass is 514 g/mol. The maximum atomic E-state index is 13.4. The van der Waals surface area contributed by atoms with Gasteiger partial charge in [-0.05, 0) is 29.3 Å². The fourth-order valence-electron chi connectivity index (χ4n) is 3.33. The van der Waals surface area contributed by atoms with Crippen molar-refractivity contribution in [1.82, 2.24) is 20.3 Å². The Hall–Kier alpha value is -4.61. The van der Waals surface area contributed by atoms with Gasteiger partial charge in [0.25, 0.3) is 5.91 Å². The number of halogens is 5. The van der Waals surface area contributed by atoms with Crippen LogP contribution >= 0.6 is 0 Å². The topological polar surface area (TPSA) is 106 Å². The van der Waals surface area contributed by atoms with Crippen LogP contribution in [0.5, 0.6) is 0 Å². The van der Waals surface area contributed by atoms with Crippen LogP contribution in [0.2, 0.25) is 0 Å². The van der Waals surface area contributed by atoms with Crippen LogP contribution in [-0.2, 0) is 19.3 Å². The van der Waals surface area contributed by atoms with Crippen molar-refractivity contribution < 1.29 is 26.7 Å². The van der Waals surface area contributed by atoms with Crippen LogP contribution in [0, 0.1) is 11.6 Å². The molecule has 2 aromatic carbocycles. The number of carbonyl (C=O) groups excluding carboxylic acids is 1. The van der Waals surface area contributed by atoms with Crippen molar-refractivity contribution >= 4 is 17.5 Å². The lowest BCUT2D eigenvalue weighted by molar-refractivity contribution is -0.137. The van der Waals surface area contributed by atoms with Crippen molar-refractivity contribution in [3.63, 3.8) is 0 Å². The molecule has 12 heteroatoms. The van der Waals surface area contributed by atoms with Crippen LogP contribution < -0.4 is 16.4 Å². The Balaban J connectivity index is 1.50. The molecule has 7 nitrogen and oxygen atoms in total. The highest BCUT2D eigenvalue weighted by Crippen LogP contribution is 2.31. The summed E-state index contributed by atoms with van der Waals surface area (Å²) in [5.41, 5.74) is 6.45. The molecule has 4 aromatic rings. The van der Waals surface area contributed by atoms with E-state index in [0.29, 0.717) is 23.8 Å². The van der Waals surface area contributed by atoms with Gasteiger partial charge in [0.2, 0.25) is 0 Å². The summed E-state index contributed by atoms with van der Waals surface area (Å²) < 4.78 is 66.3. The molecular weight excluding hydrogens is 495 g/mol. The van der Waals surface area contributed by atoms with Crippen molar-refractivity contribution in [1.29, 1.82) is 0 Å². The quantitative estimate of drug-likeness (QED) is 0.301. The SMILES string of the molecule is Nc1cnc(-c2ccc(CNc3ncc(C(F)(F)F)cc3C(=O)NCc3ccc(F)c(F)c3)cc2)cn1. The lowest BCUT2D eigenvalue weighted by atomic mass is 10.1. The lowest BCUT2D eigenvalue weighted by Crippen LogP contribution is -2.25. The summed E-state index contributed by atoms with van der Waals surface area (Å²) in [7, 11) is 0. The minimum absolute atomic E-state index is 0.0794. The first kappa shape index (κ1) is 25.5. The summed E-state index contributed by atoms with van der Waals surface area (Å²) in [4.78, 5) is 24.7. The maximum Gasteiger partial charge on any atom is 0.417 e. The molecule has 0 radical (unpaired) electrons. The molecule has 0 fully saturated rings. The Labute approximate surface area is 207 Å². The van der Waals surface area contributed by atoms with Crippen LogP contribution in [0.15, 0.2) is 67.1 Å². The van der Waals surface area contributed by atoms with Crippen molar-refractivity contribution in [3.8, 4) is 11.3 Å². The molecular formula is C25H19F5N6O. The van der Waals surface area contributed by atoms with E-state index in [9.17, 15) is 26.7 Å². The van der Waals surface area contributed by atoms with Crippen LogP contribution in [0.4, 0.5) is 33.6 Å². The number of benzene rings is 2. The standard InChI is InChI=1S/C25H19F5N6O/c26-19-6-3-15(7-20(19)27)10-36-24(37)18-8-17(25(28,29)30)11-35-23(18)34-9-14-1-4-16(5-2-14)21-12-33-22(31)13-32-21/h1-8,11-13H,9-10H2,(H2,31,33)(H,34,35)(H,36,37). The number of nitrogens with one attached hydrogen (secondary N) is 2. The average molecular weight is 514 g/mol. The minimum Gasteiger partial charge on any atom is -0.382 e. The highest BCUT2D eigenvalue weighted by atomic mass is 19.4. The Bertz CT molecular complexity index is 1410. The Morgan fingerprint density at radius 2 is 1.57 bits per heavy atom. The summed E-state index contributed by atoms with van der Waals surface area (Å²) in [5, 5.41) is 5.29. The predicted octanol–water partition coefficient (Wildman–Crippen LogP) is 4.96. The van der Waals surface area contributed by atoms with Gasteiger partial charge in [-0.3, -0.25) is 9.78 Å². The first-order valence-corrected chi connectivity index (χ1v) is 10.8. The fraction of sp³-hybridized carbons (Fsp3) is 0.120. The molecule has 4 N–H and O–H groups in total. The number of nitrogens with zero attached hydrogens (tertiary/aromatic N) is 3. The zero-order valence-electron chi connectivity index (χ0n) is 19.0. The molecule has 1 amide bonds. The number of hydrogen-bond donors (Lipinski definition) is 3. The summed E-state index contributed by atoms with van der Waals surface area (Å²) >= 11 is 0. The summed E-state index contributed by atoms with van der Waals surface area (Å²) in [5.74, 6) is -2.83. The highest BCUT2D eigenvalue weighted by Gasteiger charge is 2.32. The number of hydrogen-bond acceptors (Lipinski definition) is 6. The second-order valence-electron chi connectivity index (χ2n) is 7.93. The molecule has 0 spiro atoms. The van der Waals surface area contributed by atoms with E-state index in [-0.39, 0.29) is 30.0 Å². The highest BCUT2D eigenvalue weighted by molar-refractivity contribution is 5.98. The molecule has 2 aromatic heterocycles. The van der Waals surface area contributed by atoms with Crippen LogP contribution in [0.3, 0.4) is 0 Å². The summed E-state index contributed by atoms with van der Waals surface area (Å²) in [6.45, 7) is -0.0866. The van der Waals surface area contributed by atoms with Gasteiger partial charge < -0.3 is 16.4 Å². The number of rotatable bonds is 7. The Kier molecular flexibility index (Phi) is 7.27. The molecule has 0 saturated heterocycles. The molecule has 2 heterocycles. The van der Waals surface area contributed by atoms with Crippen molar-refractivity contribution in [2.24, 2.45) is 0 Å². The molecule has 4 rings (SSSR count). The van der Waals surface area contributed by atoms with E-state index in [1.165, 1.54) is 18.5 Å². The van der Waals surface area contributed by atoms with Crippen molar-refractivity contribution in [3.05, 3.63) is 101 Å². The normalized spacial score (nSPS) is 11.3.